The summed E-state index contributed by atoms with van der Waals surface area (Å²) in [6.07, 6.45) is 0. The van der Waals surface area contributed by atoms with Gasteiger partial charge in [0.05, 0.1) is 17.4 Å². The lowest BCUT2D eigenvalue weighted by Gasteiger charge is -2.41. The Kier molecular flexibility index (Phi) is 3.52. The molecule has 1 aliphatic heterocycles. The molecule has 116 valence electrons. The van der Waals surface area contributed by atoms with E-state index in [0.29, 0.717) is 15.4 Å². The average molecular weight is 317 g/mol. The van der Waals surface area contributed by atoms with Crippen LogP contribution in [0.4, 0.5) is 5.69 Å². The monoisotopic (exact) mass is 317 g/mol. The molecule has 0 atom stereocenters. The molecule has 2 aromatic heterocycles. The van der Waals surface area contributed by atoms with E-state index in [2.05, 4.69) is 27.0 Å². The van der Waals surface area contributed by atoms with Gasteiger partial charge in [-0.2, -0.15) is 5.10 Å². The van der Waals surface area contributed by atoms with Gasteiger partial charge in [-0.05, 0) is 26.3 Å². The molecule has 3 heterocycles. The first kappa shape index (κ1) is 14.8. The van der Waals surface area contributed by atoms with Gasteiger partial charge in [-0.15, -0.1) is 16.4 Å². The van der Waals surface area contributed by atoms with Crippen LogP contribution in [0.15, 0.2) is 12.3 Å². The Morgan fingerprint density at radius 3 is 2.73 bits per heavy atom. The van der Waals surface area contributed by atoms with Crippen molar-refractivity contribution in [3.8, 4) is 0 Å². The molecule has 3 rings (SSSR count). The predicted octanol–water partition coefficient (Wildman–Crippen LogP) is 1.84. The zero-order valence-electron chi connectivity index (χ0n) is 12.9. The number of amides is 1. The van der Waals surface area contributed by atoms with Crippen molar-refractivity contribution in [3.05, 3.63) is 28.4 Å². The molecule has 0 radical (unpaired) electrons. The van der Waals surface area contributed by atoms with Gasteiger partial charge in [-0.3, -0.25) is 4.79 Å². The van der Waals surface area contributed by atoms with Crippen molar-refractivity contribution in [2.75, 3.05) is 18.8 Å². The normalized spacial score (nSPS) is 15.0. The SMILES string of the molecule is C=C(C)N1CC(NC(=O)c2sc3nnc(C)c(C)c3c2N)C1. The Bertz CT molecular complexity index is 776. The Morgan fingerprint density at radius 1 is 1.41 bits per heavy atom. The summed E-state index contributed by atoms with van der Waals surface area (Å²) in [7, 11) is 0. The maximum absolute atomic E-state index is 12.4. The number of nitrogens with zero attached hydrogens (tertiary/aromatic N) is 3. The lowest BCUT2D eigenvalue weighted by atomic mass is 10.1. The molecule has 0 unspecified atom stereocenters. The number of fused-ring (bicyclic) bond motifs is 1. The quantitative estimate of drug-likeness (QED) is 0.902. The minimum absolute atomic E-state index is 0.135. The predicted molar refractivity (Wildman–Crippen MR) is 88.9 cm³/mol. The molecule has 3 N–H and O–H groups in total. The van der Waals surface area contributed by atoms with Crippen LogP contribution in [-0.2, 0) is 0 Å². The number of allylic oxidation sites excluding steroid dienone is 1. The number of thiophene rings is 1. The lowest BCUT2D eigenvalue weighted by Crippen LogP contribution is -2.58. The number of rotatable bonds is 3. The third kappa shape index (κ3) is 2.31. The van der Waals surface area contributed by atoms with Crippen LogP contribution in [-0.4, -0.2) is 40.1 Å². The maximum Gasteiger partial charge on any atom is 0.263 e. The van der Waals surface area contributed by atoms with Crippen molar-refractivity contribution in [2.45, 2.75) is 26.8 Å². The van der Waals surface area contributed by atoms with Crippen LogP contribution in [0.3, 0.4) is 0 Å². The molecule has 1 fully saturated rings. The van der Waals surface area contributed by atoms with Gasteiger partial charge in [0, 0.05) is 24.2 Å². The van der Waals surface area contributed by atoms with E-state index in [-0.39, 0.29) is 11.9 Å². The summed E-state index contributed by atoms with van der Waals surface area (Å²) in [4.78, 5) is 15.8. The summed E-state index contributed by atoms with van der Waals surface area (Å²) < 4.78 is 0. The summed E-state index contributed by atoms with van der Waals surface area (Å²) in [6, 6.07) is 0.141. The highest BCUT2D eigenvalue weighted by molar-refractivity contribution is 7.21. The molecule has 0 saturated carbocycles. The molecule has 22 heavy (non-hydrogen) atoms. The Balaban J connectivity index is 1.82. The molecule has 0 aliphatic carbocycles. The first-order chi connectivity index (χ1) is 10.4. The highest BCUT2D eigenvalue weighted by Gasteiger charge is 2.29. The van der Waals surface area contributed by atoms with Crippen LogP contribution in [0.1, 0.15) is 27.9 Å². The van der Waals surface area contributed by atoms with Crippen LogP contribution in [0.5, 0.6) is 0 Å². The van der Waals surface area contributed by atoms with Crippen molar-refractivity contribution in [1.29, 1.82) is 0 Å². The van der Waals surface area contributed by atoms with Crippen LogP contribution in [0.2, 0.25) is 0 Å². The number of nitrogen functional groups attached to an aromatic ring is 1. The fourth-order valence-corrected chi connectivity index (χ4v) is 3.55. The molecule has 6 nitrogen and oxygen atoms in total. The van der Waals surface area contributed by atoms with E-state index in [0.717, 1.165) is 35.4 Å². The number of nitrogens with one attached hydrogen (secondary N) is 1. The summed E-state index contributed by atoms with van der Waals surface area (Å²) in [5.74, 6) is -0.135. The number of aromatic nitrogens is 2. The van der Waals surface area contributed by atoms with E-state index in [1.807, 2.05) is 20.8 Å². The summed E-state index contributed by atoms with van der Waals surface area (Å²) in [6.45, 7) is 11.3. The number of hydrogen-bond donors (Lipinski definition) is 2. The second kappa shape index (κ2) is 5.24. The molecule has 0 spiro atoms. The van der Waals surface area contributed by atoms with Crippen molar-refractivity contribution in [3.63, 3.8) is 0 Å². The lowest BCUT2D eigenvalue weighted by molar-refractivity contribution is 0.0870. The fraction of sp³-hybridized carbons (Fsp3) is 0.400. The molecule has 0 aromatic carbocycles. The zero-order valence-corrected chi connectivity index (χ0v) is 13.8. The Labute approximate surface area is 133 Å². The van der Waals surface area contributed by atoms with Gasteiger partial charge in [0.1, 0.15) is 9.71 Å². The highest BCUT2D eigenvalue weighted by atomic mass is 32.1. The third-order valence-corrected chi connectivity index (χ3v) is 5.19. The molecular weight excluding hydrogens is 298 g/mol. The molecule has 1 amide bonds. The summed E-state index contributed by atoms with van der Waals surface area (Å²) in [5, 5.41) is 12.1. The van der Waals surface area contributed by atoms with Crippen molar-refractivity contribution in [1.82, 2.24) is 20.4 Å². The average Bonchev–Trinajstić information content (AvgIpc) is 2.75. The standard InChI is InChI=1S/C15H19N5OS/c1-7(2)20-5-10(6-20)17-14(21)13-12(16)11-8(3)9(4)18-19-15(11)22-13/h10H,1,5-6,16H2,2-4H3,(H,17,21). The molecule has 1 aliphatic rings. The van der Waals surface area contributed by atoms with E-state index >= 15 is 0 Å². The van der Waals surface area contributed by atoms with Crippen LogP contribution < -0.4 is 11.1 Å². The minimum Gasteiger partial charge on any atom is -0.397 e. The van der Waals surface area contributed by atoms with Crippen LogP contribution >= 0.6 is 11.3 Å². The molecule has 2 aromatic rings. The van der Waals surface area contributed by atoms with Crippen LogP contribution in [0.25, 0.3) is 10.2 Å². The number of carbonyl (C=O) groups excluding carboxylic acids is 1. The largest absolute Gasteiger partial charge is 0.397 e. The van der Waals surface area contributed by atoms with Gasteiger partial charge < -0.3 is 16.0 Å². The number of aryl methyl sites for hydroxylation is 2. The summed E-state index contributed by atoms with van der Waals surface area (Å²) >= 11 is 1.30. The number of likely N-dealkylation sites (tertiary alicyclic amines) is 1. The Morgan fingerprint density at radius 2 is 2.09 bits per heavy atom. The fourth-order valence-electron chi connectivity index (χ4n) is 2.54. The van der Waals surface area contributed by atoms with Crippen LogP contribution in [0, 0.1) is 13.8 Å². The van der Waals surface area contributed by atoms with E-state index in [4.69, 9.17) is 5.73 Å². The molecule has 1 saturated heterocycles. The third-order valence-electron chi connectivity index (χ3n) is 4.10. The zero-order chi connectivity index (χ0) is 16.0. The number of carbonyl (C=O) groups is 1. The number of nitrogens with two attached hydrogens (primary N) is 1. The van der Waals surface area contributed by atoms with Gasteiger partial charge in [0.2, 0.25) is 0 Å². The molecular formula is C15H19N5OS. The van der Waals surface area contributed by atoms with E-state index in [9.17, 15) is 4.79 Å². The van der Waals surface area contributed by atoms with E-state index in [1.165, 1.54) is 11.3 Å². The van der Waals surface area contributed by atoms with Gasteiger partial charge in [-0.25, -0.2) is 0 Å². The van der Waals surface area contributed by atoms with Gasteiger partial charge >= 0.3 is 0 Å². The molecule has 0 bridgehead atoms. The smallest absolute Gasteiger partial charge is 0.263 e. The number of hydrogen-bond acceptors (Lipinski definition) is 6. The minimum atomic E-state index is -0.135. The first-order valence-electron chi connectivity index (χ1n) is 7.11. The van der Waals surface area contributed by atoms with Crippen molar-refractivity contribution in [2.24, 2.45) is 0 Å². The van der Waals surface area contributed by atoms with E-state index < -0.39 is 0 Å². The molecule has 7 heteroatoms. The van der Waals surface area contributed by atoms with Gasteiger partial charge in [0.15, 0.2) is 0 Å². The summed E-state index contributed by atoms with van der Waals surface area (Å²) in [5.41, 5.74) is 9.52. The Hall–Kier alpha value is -2.15. The highest BCUT2D eigenvalue weighted by Crippen LogP contribution is 2.34. The second-order valence-electron chi connectivity index (χ2n) is 5.75. The first-order valence-corrected chi connectivity index (χ1v) is 7.93. The maximum atomic E-state index is 12.4. The van der Waals surface area contributed by atoms with E-state index in [1.54, 1.807) is 0 Å². The van der Waals surface area contributed by atoms with Gasteiger partial charge in [-0.1, -0.05) is 6.58 Å². The van der Waals surface area contributed by atoms with Gasteiger partial charge in [0.25, 0.3) is 5.91 Å². The topological polar surface area (TPSA) is 84.1 Å². The van der Waals surface area contributed by atoms with Crippen molar-refractivity contribution < 1.29 is 4.79 Å². The number of anilines is 1. The van der Waals surface area contributed by atoms with Crippen molar-refractivity contribution >= 4 is 33.1 Å². The second-order valence-corrected chi connectivity index (χ2v) is 6.75.